The van der Waals surface area contributed by atoms with E-state index in [2.05, 4.69) is 74.6 Å². The third-order valence-electron chi connectivity index (χ3n) is 9.65. The summed E-state index contributed by atoms with van der Waals surface area (Å²) in [5.74, 6) is -0.924. The van der Waals surface area contributed by atoms with Gasteiger partial charge in [0.05, 0.1) is 40.0 Å². The molecule has 0 saturated carbocycles. The molecule has 0 bridgehead atoms. The number of phosphoric ester groups is 1. The summed E-state index contributed by atoms with van der Waals surface area (Å²) in [4.78, 5) is 35.4. The molecule has 0 aliphatic carbocycles. The van der Waals surface area contributed by atoms with Gasteiger partial charge < -0.3 is 23.6 Å². The first-order valence-electron chi connectivity index (χ1n) is 22.8. The molecule has 1 saturated heterocycles. The number of likely N-dealkylation sites (N-methyl/N-ethyl adjacent to an activating group) is 1. The number of rotatable bonds is 39. The summed E-state index contributed by atoms with van der Waals surface area (Å²) in [5.41, 5.74) is 0. The molecular weight excluding hydrogens is 765 g/mol. The Morgan fingerprint density at radius 2 is 1.17 bits per heavy atom. The van der Waals surface area contributed by atoms with Crippen molar-refractivity contribution in [2.75, 3.05) is 47.5 Å². The fraction of sp³-hybridized carbons (Fsp3) is 0.708. The van der Waals surface area contributed by atoms with Gasteiger partial charge in [-0.1, -0.05) is 138 Å². The minimum absolute atomic E-state index is 0.0114. The lowest BCUT2D eigenvalue weighted by Crippen LogP contribution is -2.37. The topological polar surface area (TPSA) is 121 Å². The molecule has 0 aromatic rings. The number of carbonyl (C=O) groups is 2. The second kappa shape index (κ2) is 36.1. The summed E-state index contributed by atoms with van der Waals surface area (Å²) in [6.07, 6.45) is 47.0. The third-order valence-corrected chi connectivity index (χ3v) is 10.6. The highest BCUT2D eigenvalue weighted by Gasteiger charge is 2.36. The van der Waals surface area contributed by atoms with E-state index in [4.69, 9.17) is 23.3 Å². The number of phosphoric acid groups is 1. The first-order chi connectivity index (χ1) is 28.5. The SMILES string of the molecule is CCCCC/C=C\C/C=C\C/C=C\C/C=C\C/C=C\CCC(=O)OC[C@H](COP(=O)(O)OCC[N+](C)(C)C)OC(=O)CCCCCCCC1OC1C/C=C\CCCCC. The Labute approximate surface area is 359 Å². The van der Waals surface area contributed by atoms with Crippen LogP contribution in [-0.4, -0.2) is 87.1 Å². The Morgan fingerprint density at radius 3 is 1.76 bits per heavy atom. The second-order valence-corrected chi connectivity index (χ2v) is 17.9. The molecule has 0 spiro atoms. The van der Waals surface area contributed by atoms with Gasteiger partial charge in [-0.15, -0.1) is 0 Å². The summed E-state index contributed by atoms with van der Waals surface area (Å²) in [5, 5.41) is 0. The molecule has 4 atom stereocenters. The van der Waals surface area contributed by atoms with E-state index in [1.807, 2.05) is 33.3 Å². The number of ether oxygens (including phenoxy) is 3. The molecule has 0 aromatic carbocycles. The van der Waals surface area contributed by atoms with Gasteiger partial charge in [0.25, 0.3) is 0 Å². The van der Waals surface area contributed by atoms with Crippen molar-refractivity contribution >= 4 is 19.8 Å². The van der Waals surface area contributed by atoms with Crippen molar-refractivity contribution in [3.05, 3.63) is 72.9 Å². The van der Waals surface area contributed by atoms with Crippen LogP contribution >= 0.6 is 7.82 Å². The van der Waals surface area contributed by atoms with Crippen LogP contribution < -0.4 is 0 Å². The molecule has 0 radical (unpaired) electrons. The van der Waals surface area contributed by atoms with Crippen LogP contribution in [0.5, 0.6) is 0 Å². The molecule has 1 fully saturated rings. The van der Waals surface area contributed by atoms with Crippen molar-refractivity contribution in [1.29, 1.82) is 0 Å². The zero-order chi connectivity index (χ0) is 43.3. The maximum atomic E-state index is 12.7. The fourth-order valence-electron chi connectivity index (χ4n) is 5.94. The van der Waals surface area contributed by atoms with E-state index in [-0.39, 0.29) is 26.1 Å². The van der Waals surface area contributed by atoms with E-state index in [0.717, 1.165) is 70.6 Å². The van der Waals surface area contributed by atoms with Crippen LogP contribution in [0, 0.1) is 0 Å². The standard InChI is InChI=1S/C48H82NO9P/c1-6-8-10-12-14-15-16-17-18-19-20-21-22-23-24-25-26-30-34-38-47(50)54-42-44(43-56-59(52,53)55-41-40-49(3,4)5)57-48(51)39-35-31-27-29-33-37-46-45(58-46)36-32-28-13-11-9-7-2/h14-15,17-18,20-21,23-24,26,28,30,32,44-46H,6-13,16,19,22,25,27,29,31,33-43H2,1-5H3/p+1/b15-14-,18-17-,21-20-,24-23-,30-26-,32-28-/t44-,45?,46?/m1/s1. The second-order valence-electron chi connectivity index (χ2n) is 16.5. The monoisotopic (exact) mass is 849 g/mol. The molecule has 59 heavy (non-hydrogen) atoms. The molecule has 1 rings (SSSR count). The van der Waals surface area contributed by atoms with Crippen molar-refractivity contribution in [2.45, 2.75) is 173 Å². The van der Waals surface area contributed by atoms with Crippen LogP contribution in [0.4, 0.5) is 0 Å². The van der Waals surface area contributed by atoms with E-state index in [9.17, 15) is 19.0 Å². The Balaban J connectivity index is 2.34. The van der Waals surface area contributed by atoms with Crippen LogP contribution in [0.15, 0.2) is 72.9 Å². The van der Waals surface area contributed by atoms with Gasteiger partial charge >= 0.3 is 19.8 Å². The highest BCUT2D eigenvalue weighted by molar-refractivity contribution is 7.47. The Hall–Kier alpha value is -2.59. The van der Waals surface area contributed by atoms with E-state index in [0.29, 0.717) is 36.1 Å². The summed E-state index contributed by atoms with van der Waals surface area (Å²) in [6, 6.07) is 0. The summed E-state index contributed by atoms with van der Waals surface area (Å²) in [6.45, 7) is 4.23. The molecule has 10 nitrogen and oxygen atoms in total. The summed E-state index contributed by atoms with van der Waals surface area (Å²) < 4.78 is 40.1. The lowest BCUT2D eigenvalue weighted by Gasteiger charge is -2.24. The maximum Gasteiger partial charge on any atom is 0.472 e. The van der Waals surface area contributed by atoms with Gasteiger partial charge in [0.1, 0.15) is 19.8 Å². The number of allylic oxidation sites excluding steroid dienone is 11. The number of hydrogen-bond donors (Lipinski definition) is 1. The first kappa shape index (κ1) is 54.4. The highest BCUT2D eigenvalue weighted by Crippen LogP contribution is 2.43. The van der Waals surface area contributed by atoms with E-state index in [1.165, 1.54) is 44.9 Å². The fourth-order valence-corrected chi connectivity index (χ4v) is 6.68. The number of quaternary nitrogens is 1. The third kappa shape index (κ3) is 36.9. The minimum Gasteiger partial charge on any atom is -0.462 e. The van der Waals surface area contributed by atoms with E-state index >= 15 is 0 Å². The van der Waals surface area contributed by atoms with Gasteiger partial charge in [-0.2, -0.15) is 0 Å². The molecule has 0 amide bonds. The Bertz CT molecular complexity index is 1300. The van der Waals surface area contributed by atoms with Crippen molar-refractivity contribution < 1.29 is 46.8 Å². The Morgan fingerprint density at radius 1 is 0.627 bits per heavy atom. The largest absolute Gasteiger partial charge is 0.472 e. The summed E-state index contributed by atoms with van der Waals surface area (Å²) >= 11 is 0. The number of epoxide rings is 1. The molecule has 1 aliphatic rings. The molecule has 11 heteroatoms. The summed E-state index contributed by atoms with van der Waals surface area (Å²) in [7, 11) is 1.41. The predicted octanol–water partition coefficient (Wildman–Crippen LogP) is 12.0. The molecule has 1 heterocycles. The van der Waals surface area contributed by atoms with E-state index < -0.39 is 32.5 Å². The van der Waals surface area contributed by atoms with Crippen LogP contribution in [0.2, 0.25) is 0 Å². The van der Waals surface area contributed by atoms with Crippen molar-refractivity contribution in [3.63, 3.8) is 0 Å². The number of carbonyl (C=O) groups excluding carboxylic acids is 2. The van der Waals surface area contributed by atoms with Crippen LogP contribution in [0.1, 0.15) is 155 Å². The van der Waals surface area contributed by atoms with Gasteiger partial charge in [-0.3, -0.25) is 18.6 Å². The zero-order valence-electron chi connectivity index (χ0n) is 37.7. The number of hydrogen-bond acceptors (Lipinski definition) is 8. The van der Waals surface area contributed by atoms with Crippen LogP contribution in [0.3, 0.4) is 0 Å². The number of esters is 2. The molecule has 1 N–H and O–H groups in total. The van der Waals surface area contributed by atoms with Crippen molar-refractivity contribution in [2.24, 2.45) is 0 Å². The zero-order valence-corrected chi connectivity index (χ0v) is 38.5. The smallest absolute Gasteiger partial charge is 0.462 e. The lowest BCUT2D eigenvalue weighted by atomic mass is 10.1. The van der Waals surface area contributed by atoms with Crippen molar-refractivity contribution in [3.8, 4) is 0 Å². The van der Waals surface area contributed by atoms with E-state index in [1.54, 1.807) is 0 Å². The Kier molecular flexibility index (Phi) is 33.3. The molecular formula is C48H83NO9P+. The number of unbranched alkanes of at least 4 members (excludes halogenated alkanes) is 10. The predicted molar refractivity (Wildman–Crippen MR) is 242 cm³/mol. The average Bonchev–Trinajstić information content (AvgIpc) is 3.94. The van der Waals surface area contributed by atoms with Gasteiger partial charge in [0.2, 0.25) is 0 Å². The van der Waals surface area contributed by atoms with Crippen molar-refractivity contribution in [1.82, 2.24) is 0 Å². The molecule has 338 valence electrons. The highest BCUT2D eigenvalue weighted by atomic mass is 31.2. The van der Waals surface area contributed by atoms with Gasteiger partial charge in [0, 0.05) is 12.8 Å². The van der Waals surface area contributed by atoms with Gasteiger partial charge in [-0.25, -0.2) is 4.57 Å². The normalized spacial score (nSPS) is 17.7. The van der Waals surface area contributed by atoms with Crippen LogP contribution in [-0.2, 0) is 37.4 Å². The number of nitrogens with zero attached hydrogens (tertiary/aromatic N) is 1. The molecule has 3 unspecified atom stereocenters. The first-order valence-corrected chi connectivity index (χ1v) is 24.3. The van der Waals surface area contributed by atoms with Gasteiger partial charge in [-0.05, 0) is 77.0 Å². The molecule has 0 aromatic heterocycles. The maximum absolute atomic E-state index is 12.7. The quantitative estimate of drug-likeness (QED) is 0.0161. The van der Waals surface area contributed by atoms with Crippen LogP contribution in [0.25, 0.3) is 0 Å². The minimum atomic E-state index is -4.41. The lowest BCUT2D eigenvalue weighted by molar-refractivity contribution is -0.870. The average molecular weight is 849 g/mol. The molecule has 1 aliphatic heterocycles. The van der Waals surface area contributed by atoms with Gasteiger partial charge in [0.15, 0.2) is 6.10 Å².